The summed E-state index contributed by atoms with van der Waals surface area (Å²) in [6.07, 6.45) is 1.56. The van der Waals surface area contributed by atoms with Gasteiger partial charge in [0, 0.05) is 41.3 Å². The maximum absolute atomic E-state index is 12.3. The van der Waals surface area contributed by atoms with Crippen molar-refractivity contribution >= 4 is 45.8 Å². The Labute approximate surface area is 162 Å². The van der Waals surface area contributed by atoms with Crippen LogP contribution >= 0.6 is 23.2 Å². The van der Waals surface area contributed by atoms with Crippen LogP contribution in [0, 0.1) is 0 Å². The lowest BCUT2D eigenvalue weighted by atomic mass is 9.99. The largest absolute Gasteiger partial charge is 0.462 e. The van der Waals surface area contributed by atoms with Gasteiger partial charge in [-0.1, -0.05) is 41.4 Å². The van der Waals surface area contributed by atoms with Gasteiger partial charge < -0.3 is 9.64 Å². The first kappa shape index (κ1) is 18.5. The zero-order valence-electron chi connectivity index (χ0n) is 14.7. The summed E-state index contributed by atoms with van der Waals surface area (Å²) < 4.78 is 5.17. The second-order valence-electron chi connectivity index (χ2n) is 6.00. The lowest BCUT2D eigenvalue weighted by Crippen LogP contribution is -2.16. The molecule has 0 aliphatic rings. The molecular formula is C20H18Cl2N2O2. The van der Waals surface area contributed by atoms with Crippen LogP contribution in [0.2, 0.25) is 10.0 Å². The number of rotatable bonds is 4. The number of carbonyl (C=O) groups is 1. The van der Waals surface area contributed by atoms with Gasteiger partial charge in [0.25, 0.3) is 0 Å². The number of halogens is 2. The third-order valence-electron chi connectivity index (χ3n) is 3.99. The van der Waals surface area contributed by atoms with Crippen molar-refractivity contribution in [2.24, 2.45) is 0 Å². The summed E-state index contributed by atoms with van der Waals surface area (Å²) in [4.78, 5) is 18.8. The molecule has 0 saturated heterocycles. The first-order chi connectivity index (χ1) is 12.4. The number of hydrogen-bond acceptors (Lipinski definition) is 4. The van der Waals surface area contributed by atoms with Crippen LogP contribution in [0.1, 0.15) is 17.3 Å². The van der Waals surface area contributed by atoms with Gasteiger partial charge in [0.15, 0.2) is 0 Å². The van der Waals surface area contributed by atoms with Crippen molar-refractivity contribution < 1.29 is 9.53 Å². The van der Waals surface area contributed by atoms with Crippen molar-refractivity contribution in [3.63, 3.8) is 0 Å². The molecule has 0 aliphatic carbocycles. The molecule has 0 aliphatic heterocycles. The number of pyridine rings is 1. The summed E-state index contributed by atoms with van der Waals surface area (Å²) in [6, 6.07) is 11.2. The van der Waals surface area contributed by atoms with E-state index in [9.17, 15) is 4.79 Å². The van der Waals surface area contributed by atoms with E-state index in [0.717, 1.165) is 27.7 Å². The highest BCUT2D eigenvalue weighted by Crippen LogP contribution is 2.36. The van der Waals surface area contributed by atoms with Gasteiger partial charge >= 0.3 is 5.97 Å². The highest BCUT2D eigenvalue weighted by Gasteiger charge is 2.19. The van der Waals surface area contributed by atoms with Gasteiger partial charge in [-0.15, -0.1) is 0 Å². The van der Waals surface area contributed by atoms with Gasteiger partial charge in [-0.05, 0) is 30.7 Å². The molecule has 134 valence electrons. The molecule has 0 spiro atoms. The minimum atomic E-state index is -0.387. The normalized spacial score (nSPS) is 10.8. The van der Waals surface area contributed by atoms with Crippen molar-refractivity contribution in [2.75, 3.05) is 25.6 Å². The van der Waals surface area contributed by atoms with Crippen LogP contribution in [0.3, 0.4) is 0 Å². The summed E-state index contributed by atoms with van der Waals surface area (Å²) in [7, 11) is 3.78. The minimum absolute atomic E-state index is 0.310. The van der Waals surface area contributed by atoms with Crippen molar-refractivity contribution in [1.82, 2.24) is 4.98 Å². The highest BCUT2D eigenvalue weighted by molar-refractivity contribution is 6.35. The number of aromatic nitrogens is 1. The van der Waals surface area contributed by atoms with Crippen molar-refractivity contribution in [2.45, 2.75) is 6.92 Å². The van der Waals surface area contributed by atoms with Crippen LogP contribution < -0.4 is 4.90 Å². The summed E-state index contributed by atoms with van der Waals surface area (Å²) in [5.74, 6) is -0.387. The summed E-state index contributed by atoms with van der Waals surface area (Å²) in [5, 5.41) is 1.97. The number of anilines is 1. The van der Waals surface area contributed by atoms with E-state index in [4.69, 9.17) is 27.9 Å². The van der Waals surface area contributed by atoms with Crippen LogP contribution in [0.15, 0.2) is 42.6 Å². The van der Waals surface area contributed by atoms with E-state index in [-0.39, 0.29) is 5.97 Å². The first-order valence-electron chi connectivity index (χ1n) is 8.15. The third-order valence-corrected chi connectivity index (χ3v) is 4.42. The molecule has 0 radical (unpaired) electrons. The summed E-state index contributed by atoms with van der Waals surface area (Å²) >= 11 is 12.3. The lowest BCUT2D eigenvalue weighted by molar-refractivity contribution is 0.0527. The molecule has 3 rings (SSSR count). The van der Waals surface area contributed by atoms with E-state index < -0.39 is 0 Å². The molecule has 26 heavy (non-hydrogen) atoms. The Balaban J connectivity index is 2.29. The molecule has 0 bridgehead atoms. The fourth-order valence-corrected chi connectivity index (χ4v) is 3.52. The Morgan fingerprint density at radius 1 is 1.15 bits per heavy atom. The van der Waals surface area contributed by atoms with Gasteiger partial charge in [0.2, 0.25) is 0 Å². The number of fused-ring (bicyclic) bond motifs is 1. The number of nitrogens with zero attached hydrogens (tertiary/aromatic N) is 2. The summed E-state index contributed by atoms with van der Waals surface area (Å²) in [5.41, 5.74) is 3.73. The van der Waals surface area contributed by atoms with Crippen LogP contribution in [-0.4, -0.2) is 31.7 Å². The van der Waals surface area contributed by atoms with E-state index in [0.29, 0.717) is 22.2 Å². The number of ether oxygens (including phenoxy) is 1. The fraction of sp³-hybridized carbons (Fsp3) is 0.200. The molecule has 0 unspecified atom stereocenters. The van der Waals surface area contributed by atoms with Gasteiger partial charge in [-0.25, -0.2) is 4.79 Å². The van der Waals surface area contributed by atoms with Crippen LogP contribution in [0.5, 0.6) is 0 Å². The number of carbonyl (C=O) groups excluding carboxylic acids is 1. The van der Waals surface area contributed by atoms with Crippen LogP contribution in [0.4, 0.5) is 5.69 Å². The second-order valence-corrected chi connectivity index (χ2v) is 6.87. The molecule has 2 aromatic carbocycles. The molecule has 0 saturated carbocycles. The SMILES string of the molecule is CCOC(=O)c1cnc2c(-c3cc(Cl)cc(Cl)c3)cccc2c1N(C)C. The first-order valence-corrected chi connectivity index (χ1v) is 8.90. The lowest BCUT2D eigenvalue weighted by Gasteiger charge is -2.20. The highest BCUT2D eigenvalue weighted by atomic mass is 35.5. The quantitative estimate of drug-likeness (QED) is 0.557. The second kappa shape index (κ2) is 7.52. The van der Waals surface area contributed by atoms with Crippen molar-refractivity contribution in [3.05, 3.63) is 58.2 Å². The molecule has 0 fully saturated rings. The Hall–Kier alpha value is -2.30. The monoisotopic (exact) mass is 388 g/mol. The average molecular weight is 389 g/mol. The number of hydrogen-bond donors (Lipinski definition) is 0. The van der Waals surface area contributed by atoms with E-state index in [1.165, 1.54) is 0 Å². The molecular weight excluding hydrogens is 371 g/mol. The number of benzene rings is 2. The number of esters is 1. The molecule has 4 nitrogen and oxygen atoms in total. The van der Waals surface area contributed by atoms with Gasteiger partial charge in [-0.3, -0.25) is 4.98 Å². The zero-order valence-corrected chi connectivity index (χ0v) is 16.2. The van der Waals surface area contributed by atoms with E-state index in [1.54, 1.807) is 19.2 Å². The van der Waals surface area contributed by atoms with Crippen LogP contribution in [-0.2, 0) is 4.74 Å². The Morgan fingerprint density at radius 3 is 2.46 bits per heavy atom. The summed E-state index contributed by atoms with van der Waals surface area (Å²) in [6.45, 7) is 2.09. The predicted molar refractivity (Wildman–Crippen MR) is 107 cm³/mol. The Morgan fingerprint density at radius 2 is 1.85 bits per heavy atom. The minimum Gasteiger partial charge on any atom is -0.462 e. The van der Waals surface area contributed by atoms with Gasteiger partial charge in [-0.2, -0.15) is 0 Å². The zero-order chi connectivity index (χ0) is 18.8. The fourth-order valence-electron chi connectivity index (χ4n) is 2.99. The molecule has 1 heterocycles. The molecule has 6 heteroatoms. The van der Waals surface area contributed by atoms with E-state index in [2.05, 4.69) is 4.98 Å². The van der Waals surface area contributed by atoms with Crippen LogP contribution in [0.25, 0.3) is 22.0 Å². The predicted octanol–water partition coefficient (Wildman–Crippen LogP) is 5.45. The van der Waals surface area contributed by atoms with Crippen molar-refractivity contribution in [1.29, 1.82) is 0 Å². The topological polar surface area (TPSA) is 42.4 Å². The smallest absolute Gasteiger partial charge is 0.341 e. The Bertz CT molecular complexity index is 967. The number of para-hydroxylation sites is 1. The molecule has 1 aromatic heterocycles. The van der Waals surface area contributed by atoms with E-state index >= 15 is 0 Å². The van der Waals surface area contributed by atoms with Gasteiger partial charge in [0.05, 0.1) is 17.8 Å². The maximum Gasteiger partial charge on any atom is 0.341 e. The Kier molecular flexibility index (Phi) is 5.35. The maximum atomic E-state index is 12.3. The molecule has 0 amide bonds. The average Bonchev–Trinajstić information content (AvgIpc) is 2.59. The van der Waals surface area contributed by atoms with Crippen molar-refractivity contribution in [3.8, 4) is 11.1 Å². The molecule has 3 aromatic rings. The molecule has 0 N–H and O–H groups in total. The van der Waals surface area contributed by atoms with Gasteiger partial charge in [0.1, 0.15) is 5.56 Å². The van der Waals surface area contributed by atoms with E-state index in [1.807, 2.05) is 49.3 Å². The standard InChI is InChI=1S/C20H18Cl2N2O2/c1-4-26-20(25)17-11-23-18-15(12-8-13(21)10-14(22)9-12)6-5-7-16(18)19(17)24(2)3/h5-11H,4H2,1-3H3. The molecule has 0 atom stereocenters. The third kappa shape index (κ3) is 3.48.